The summed E-state index contributed by atoms with van der Waals surface area (Å²) in [6, 6.07) is 40.4. The molecule has 0 aromatic heterocycles. The van der Waals surface area contributed by atoms with Crippen LogP contribution >= 0.6 is 24.8 Å². The van der Waals surface area contributed by atoms with Crippen LogP contribution in [0.4, 0.5) is 0 Å². The number of hydrogen-bond donors (Lipinski definition) is 0. The summed E-state index contributed by atoms with van der Waals surface area (Å²) < 4.78 is 0. The second kappa shape index (κ2) is 19.7. The molecule has 0 spiro atoms. The van der Waals surface area contributed by atoms with Crippen LogP contribution in [0.5, 0.6) is 0 Å². The first-order valence-corrected chi connectivity index (χ1v) is 19.5. The molecule has 0 aliphatic heterocycles. The zero-order valence-corrected chi connectivity index (χ0v) is 35.0. The molecule has 0 saturated carbocycles. The van der Waals surface area contributed by atoms with Gasteiger partial charge in [-0.05, 0) is 39.5 Å². The van der Waals surface area contributed by atoms with Gasteiger partial charge in [0.1, 0.15) is 0 Å². The molecular weight excluding hydrogens is 707 g/mol. The molecule has 6 aromatic rings. The maximum absolute atomic E-state index is 3.06. The van der Waals surface area contributed by atoms with Gasteiger partial charge in [-0.25, -0.2) is 0 Å². The molecule has 250 valence electrons. The Labute approximate surface area is 315 Å². The SMILES string of the molecule is CC(C)c1cc2c(-c3ccc(C(C)(C)C)cc3)cccc2[cH-]1.Cc1cc2c(-c3ccc(C(C)C)cc3)cccc2[cH-]1.Cl.Cl.[CH3-].[CH3-].[Si]=[Zr]. The molecule has 0 amide bonds. The third-order valence-electron chi connectivity index (χ3n) is 8.29. The van der Waals surface area contributed by atoms with E-state index in [0.717, 1.165) is 0 Å². The van der Waals surface area contributed by atoms with E-state index in [9.17, 15) is 0 Å². The second-order valence-electron chi connectivity index (χ2n) is 13.2. The summed E-state index contributed by atoms with van der Waals surface area (Å²) in [5.74, 6) is 1.16. The second-order valence-corrected chi connectivity index (χ2v) is 13.2. The van der Waals surface area contributed by atoms with Gasteiger partial charge in [0.2, 0.25) is 0 Å². The monoisotopic (exact) mass is 756 g/mol. The third kappa shape index (κ3) is 10.9. The van der Waals surface area contributed by atoms with Gasteiger partial charge in [-0.1, -0.05) is 127 Å². The molecule has 0 saturated heterocycles. The van der Waals surface area contributed by atoms with Crippen molar-refractivity contribution in [2.75, 3.05) is 0 Å². The van der Waals surface area contributed by atoms with Crippen LogP contribution in [0.2, 0.25) is 0 Å². The Morgan fingerprint density at radius 2 is 1.04 bits per heavy atom. The molecule has 0 aliphatic carbocycles. The quantitative estimate of drug-likeness (QED) is 0.124. The molecule has 2 radical (unpaired) electrons. The van der Waals surface area contributed by atoms with Crippen molar-refractivity contribution in [1.29, 1.82) is 0 Å². The van der Waals surface area contributed by atoms with E-state index < -0.39 is 0 Å². The number of benzene rings is 4. The van der Waals surface area contributed by atoms with Crippen molar-refractivity contribution in [3.8, 4) is 22.3 Å². The first kappa shape index (κ1) is 44.8. The standard InChI is InChI=1S/C22H25.C19H19.2CH3.2ClH.Si.Zr/c1-15(2)18-13-17-7-6-8-20(21(17)14-18)16-9-11-19(12-10-16)22(3,4)5;1-13(2)15-7-9-16(10-8-15)18-6-4-5-17-11-14(3)12-19(17)18;;;;;;/h6-15H,1-5H3;4-13H,1-3H3;2*1H3;2*1H;;/q4*-1;;;;. The topological polar surface area (TPSA) is 0 Å². The van der Waals surface area contributed by atoms with Crippen LogP contribution in [0.15, 0.2) is 109 Å². The predicted molar refractivity (Wildman–Crippen MR) is 215 cm³/mol. The summed E-state index contributed by atoms with van der Waals surface area (Å²) in [7, 11) is 0. The van der Waals surface area contributed by atoms with Gasteiger partial charge in [0, 0.05) is 0 Å². The van der Waals surface area contributed by atoms with Crippen LogP contribution in [-0.2, 0) is 28.8 Å². The Bertz CT molecular complexity index is 1780. The van der Waals surface area contributed by atoms with E-state index in [0.29, 0.717) is 11.8 Å². The summed E-state index contributed by atoms with van der Waals surface area (Å²) in [6.45, 7) is 21.0. The van der Waals surface area contributed by atoms with E-state index in [1.807, 2.05) is 0 Å². The molecule has 4 heteroatoms. The van der Waals surface area contributed by atoms with E-state index in [1.54, 1.807) is 0 Å². The molecule has 47 heavy (non-hydrogen) atoms. The minimum absolute atomic E-state index is 0. The van der Waals surface area contributed by atoms with Crippen molar-refractivity contribution in [2.24, 2.45) is 0 Å². The minimum atomic E-state index is 0. The number of aryl methyl sites for hydroxylation is 1. The number of halogens is 2. The van der Waals surface area contributed by atoms with Crippen LogP contribution < -0.4 is 0 Å². The number of hydrogen-bond acceptors (Lipinski definition) is 0. The third-order valence-corrected chi connectivity index (χ3v) is 8.29. The van der Waals surface area contributed by atoms with Gasteiger partial charge < -0.3 is 14.9 Å². The van der Waals surface area contributed by atoms with E-state index in [1.165, 1.54) is 89.4 Å². The molecule has 0 heterocycles. The molecule has 0 bridgehead atoms. The summed E-state index contributed by atoms with van der Waals surface area (Å²) in [4.78, 5) is 0. The fraction of sp³-hybridized carbons (Fsp3) is 0.256. The van der Waals surface area contributed by atoms with Crippen molar-refractivity contribution in [3.05, 3.63) is 146 Å². The predicted octanol–water partition coefficient (Wildman–Crippen LogP) is 13.7. The molecule has 0 unspecified atom stereocenters. The first-order valence-electron chi connectivity index (χ1n) is 15.3. The van der Waals surface area contributed by atoms with Crippen molar-refractivity contribution in [3.63, 3.8) is 0 Å². The van der Waals surface area contributed by atoms with Crippen molar-refractivity contribution in [2.45, 2.75) is 72.6 Å². The summed E-state index contributed by atoms with van der Waals surface area (Å²) in [6.07, 6.45) is 0. The average molecular weight is 759 g/mol. The summed E-state index contributed by atoms with van der Waals surface area (Å²) in [5.41, 5.74) is 11.0. The van der Waals surface area contributed by atoms with E-state index in [-0.39, 0.29) is 45.1 Å². The first-order chi connectivity index (χ1) is 20.5. The molecule has 6 rings (SSSR count). The van der Waals surface area contributed by atoms with Crippen molar-refractivity contribution in [1.82, 2.24) is 0 Å². The fourth-order valence-corrected chi connectivity index (χ4v) is 5.68. The van der Waals surface area contributed by atoms with Crippen LogP contribution in [0, 0.1) is 21.8 Å². The molecule has 0 atom stereocenters. The number of fused-ring (bicyclic) bond motifs is 2. The van der Waals surface area contributed by atoms with Crippen LogP contribution in [0.1, 0.15) is 82.6 Å². The van der Waals surface area contributed by atoms with Gasteiger partial charge >= 0.3 is 30.2 Å². The summed E-state index contributed by atoms with van der Waals surface area (Å²) >= 11 is 1.36. The van der Waals surface area contributed by atoms with Gasteiger partial charge in [0.05, 0.1) is 0 Å². The van der Waals surface area contributed by atoms with E-state index in [4.69, 9.17) is 0 Å². The molecule has 0 fully saturated rings. The Hall–Kier alpha value is -2.22. The van der Waals surface area contributed by atoms with E-state index in [2.05, 4.69) is 171 Å². The van der Waals surface area contributed by atoms with Crippen LogP contribution in [-0.4, -0.2) is 6.88 Å². The van der Waals surface area contributed by atoms with Gasteiger partial charge in [-0.2, -0.15) is 12.1 Å². The average Bonchev–Trinajstić information content (AvgIpc) is 3.61. The van der Waals surface area contributed by atoms with Gasteiger partial charge in [0.25, 0.3) is 0 Å². The fourth-order valence-electron chi connectivity index (χ4n) is 5.68. The maximum atomic E-state index is 3.06. The van der Waals surface area contributed by atoms with Crippen molar-refractivity contribution >= 4 is 53.2 Å². The van der Waals surface area contributed by atoms with Gasteiger partial charge in [-0.15, -0.1) is 93.9 Å². The van der Waals surface area contributed by atoms with E-state index >= 15 is 0 Å². The van der Waals surface area contributed by atoms with Gasteiger partial charge in [0.15, 0.2) is 0 Å². The Balaban J connectivity index is 0.000000797. The molecule has 0 N–H and O–H groups in total. The number of rotatable bonds is 4. The molecule has 6 aromatic carbocycles. The molecule has 0 nitrogen and oxygen atoms in total. The van der Waals surface area contributed by atoms with Gasteiger partial charge in [-0.3, -0.25) is 0 Å². The normalized spacial score (nSPS) is 10.4. The van der Waals surface area contributed by atoms with Crippen LogP contribution in [0.25, 0.3) is 43.8 Å². The Kier molecular flexibility index (Phi) is 18.8. The zero-order valence-electron chi connectivity index (χ0n) is 29.9. The zero-order chi connectivity index (χ0) is 31.3. The summed E-state index contributed by atoms with van der Waals surface area (Å²) in [5, 5.41) is 5.41. The molecule has 0 aliphatic rings. The van der Waals surface area contributed by atoms with Crippen LogP contribution in [0.3, 0.4) is 0 Å². The Morgan fingerprint density at radius 1 is 0.596 bits per heavy atom. The Morgan fingerprint density at radius 3 is 1.49 bits per heavy atom. The molecular formula is C43H52Cl2SiZr-4. The van der Waals surface area contributed by atoms with Crippen molar-refractivity contribution < 1.29 is 23.3 Å².